The molecule has 0 spiro atoms. The van der Waals surface area contributed by atoms with E-state index in [0.29, 0.717) is 24.3 Å². The van der Waals surface area contributed by atoms with E-state index < -0.39 is 9.84 Å². The molecule has 3 nitrogen and oxygen atoms in total. The molecule has 0 unspecified atom stereocenters. The fourth-order valence-electron chi connectivity index (χ4n) is 1.32. The summed E-state index contributed by atoms with van der Waals surface area (Å²) in [6, 6.07) is 4.48. The average molecular weight is 260 g/mol. The first-order valence-electron chi connectivity index (χ1n) is 5.54. The van der Waals surface area contributed by atoms with Crippen molar-refractivity contribution < 1.29 is 17.5 Å². The highest BCUT2D eigenvalue weighted by atomic mass is 32.2. The van der Waals surface area contributed by atoms with Crippen LogP contribution in [0.3, 0.4) is 0 Å². The van der Waals surface area contributed by atoms with Gasteiger partial charge in [0.25, 0.3) is 0 Å². The van der Waals surface area contributed by atoms with E-state index in [-0.39, 0.29) is 17.3 Å². The number of rotatable bonds is 6. The van der Waals surface area contributed by atoms with Crippen molar-refractivity contribution in [3.63, 3.8) is 0 Å². The molecule has 96 valence electrons. The van der Waals surface area contributed by atoms with Crippen molar-refractivity contribution in [3.8, 4) is 5.75 Å². The Labute approximate surface area is 102 Å². The summed E-state index contributed by atoms with van der Waals surface area (Å²) in [7, 11) is -2.93. The monoisotopic (exact) mass is 260 g/mol. The standard InChI is InChI=1S/C12H17FO3S/c1-3-17(14,15)8-4-7-16-11-5-6-12(13)10(2)9-11/h5-6,9H,3-4,7-8H2,1-2H3. The summed E-state index contributed by atoms with van der Waals surface area (Å²) < 4.78 is 40.7. The molecule has 0 N–H and O–H groups in total. The predicted molar refractivity (Wildman–Crippen MR) is 65.6 cm³/mol. The third-order valence-corrected chi connectivity index (χ3v) is 4.23. The minimum Gasteiger partial charge on any atom is -0.494 e. The van der Waals surface area contributed by atoms with Crippen LogP contribution in [0.15, 0.2) is 18.2 Å². The minimum absolute atomic E-state index is 0.129. The summed E-state index contributed by atoms with van der Waals surface area (Å²) in [5, 5.41) is 0. The minimum atomic E-state index is -2.93. The molecule has 0 radical (unpaired) electrons. The molecule has 0 aromatic heterocycles. The van der Waals surface area contributed by atoms with Crippen LogP contribution in [0.25, 0.3) is 0 Å². The van der Waals surface area contributed by atoms with Crippen molar-refractivity contribution in [2.24, 2.45) is 0 Å². The summed E-state index contributed by atoms with van der Waals surface area (Å²) in [4.78, 5) is 0. The van der Waals surface area contributed by atoms with Crippen LogP contribution in [-0.2, 0) is 9.84 Å². The molecule has 0 aliphatic rings. The molecule has 1 aromatic rings. The van der Waals surface area contributed by atoms with Gasteiger partial charge < -0.3 is 4.74 Å². The first-order chi connectivity index (χ1) is 7.94. The molecule has 0 amide bonds. The second-order valence-corrected chi connectivity index (χ2v) is 6.32. The van der Waals surface area contributed by atoms with Crippen LogP contribution in [0, 0.1) is 12.7 Å². The highest BCUT2D eigenvalue weighted by molar-refractivity contribution is 7.91. The molecule has 0 heterocycles. The van der Waals surface area contributed by atoms with Gasteiger partial charge in [-0.1, -0.05) is 6.92 Å². The van der Waals surface area contributed by atoms with E-state index >= 15 is 0 Å². The van der Waals surface area contributed by atoms with Gasteiger partial charge in [-0.2, -0.15) is 0 Å². The summed E-state index contributed by atoms with van der Waals surface area (Å²) in [5.41, 5.74) is 0.517. The highest BCUT2D eigenvalue weighted by Gasteiger charge is 2.07. The van der Waals surface area contributed by atoms with Crippen LogP contribution in [0.5, 0.6) is 5.75 Å². The lowest BCUT2D eigenvalue weighted by Gasteiger charge is -2.07. The topological polar surface area (TPSA) is 43.4 Å². The van der Waals surface area contributed by atoms with Gasteiger partial charge in [0, 0.05) is 5.75 Å². The summed E-state index contributed by atoms with van der Waals surface area (Å²) in [6.45, 7) is 3.60. The Balaban J connectivity index is 2.39. The van der Waals surface area contributed by atoms with E-state index in [9.17, 15) is 12.8 Å². The van der Waals surface area contributed by atoms with E-state index in [4.69, 9.17) is 4.74 Å². The lowest BCUT2D eigenvalue weighted by atomic mass is 10.2. The maximum Gasteiger partial charge on any atom is 0.150 e. The third-order valence-electron chi connectivity index (χ3n) is 2.44. The lowest BCUT2D eigenvalue weighted by Crippen LogP contribution is -2.11. The van der Waals surface area contributed by atoms with Gasteiger partial charge in [0.05, 0.1) is 12.4 Å². The zero-order chi connectivity index (χ0) is 12.9. The van der Waals surface area contributed by atoms with E-state index in [2.05, 4.69) is 0 Å². The zero-order valence-corrected chi connectivity index (χ0v) is 10.9. The molecule has 0 aliphatic carbocycles. The molecule has 0 saturated heterocycles. The van der Waals surface area contributed by atoms with Crippen LogP contribution in [0.1, 0.15) is 18.9 Å². The molecule has 0 saturated carbocycles. The first kappa shape index (κ1) is 14.0. The smallest absolute Gasteiger partial charge is 0.150 e. The van der Waals surface area contributed by atoms with Gasteiger partial charge in [-0.15, -0.1) is 0 Å². The Bertz CT molecular complexity index is 469. The van der Waals surface area contributed by atoms with Crippen molar-refractivity contribution >= 4 is 9.84 Å². The van der Waals surface area contributed by atoms with Crippen molar-refractivity contribution in [2.45, 2.75) is 20.3 Å². The molecular weight excluding hydrogens is 243 g/mol. The molecule has 0 bridgehead atoms. The summed E-state index contributed by atoms with van der Waals surface area (Å²) >= 11 is 0. The molecule has 1 rings (SSSR count). The Hall–Kier alpha value is -1.10. The molecule has 17 heavy (non-hydrogen) atoms. The van der Waals surface area contributed by atoms with Gasteiger partial charge in [-0.25, -0.2) is 12.8 Å². The maximum atomic E-state index is 13.0. The highest BCUT2D eigenvalue weighted by Crippen LogP contribution is 2.16. The Morgan fingerprint density at radius 1 is 1.35 bits per heavy atom. The second kappa shape index (κ2) is 6.00. The average Bonchev–Trinajstić information content (AvgIpc) is 2.29. The molecule has 1 aromatic carbocycles. The zero-order valence-electron chi connectivity index (χ0n) is 10.1. The number of hydrogen-bond donors (Lipinski definition) is 0. The fourth-order valence-corrected chi connectivity index (χ4v) is 2.17. The summed E-state index contributed by atoms with van der Waals surface area (Å²) in [6.07, 6.45) is 0.451. The quantitative estimate of drug-likeness (QED) is 0.737. The Morgan fingerprint density at radius 2 is 2.06 bits per heavy atom. The van der Waals surface area contributed by atoms with Gasteiger partial charge in [0.2, 0.25) is 0 Å². The molecule has 0 fully saturated rings. The van der Waals surface area contributed by atoms with E-state index in [1.807, 2.05) is 0 Å². The fraction of sp³-hybridized carbons (Fsp3) is 0.500. The van der Waals surface area contributed by atoms with Crippen molar-refractivity contribution in [2.75, 3.05) is 18.1 Å². The van der Waals surface area contributed by atoms with Crippen molar-refractivity contribution in [1.29, 1.82) is 0 Å². The Kier molecular flexibility index (Phi) is 4.93. The number of hydrogen-bond acceptors (Lipinski definition) is 3. The molecule has 0 aliphatic heterocycles. The number of halogens is 1. The van der Waals surface area contributed by atoms with E-state index in [0.717, 1.165) is 0 Å². The maximum absolute atomic E-state index is 13.0. The summed E-state index contributed by atoms with van der Waals surface area (Å²) in [5.74, 6) is 0.579. The first-order valence-corrected chi connectivity index (χ1v) is 7.36. The number of benzene rings is 1. The number of sulfone groups is 1. The van der Waals surface area contributed by atoms with E-state index in [1.165, 1.54) is 12.1 Å². The van der Waals surface area contributed by atoms with Crippen LogP contribution in [0.4, 0.5) is 4.39 Å². The SMILES string of the molecule is CCS(=O)(=O)CCCOc1ccc(F)c(C)c1. The van der Waals surface area contributed by atoms with Crippen LogP contribution in [0.2, 0.25) is 0 Å². The second-order valence-electron chi connectivity index (χ2n) is 3.85. The molecule has 5 heteroatoms. The number of aryl methyl sites for hydroxylation is 1. The predicted octanol–water partition coefficient (Wildman–Crippen LogP) is 2.34. The normalized spacial score (nSPS) is 11.5. The molecule has 0 atom stereocenters. The van der Waals surface area contributed by atoms with Gasteiger partial charge in [-0.05, 0) is 37.1 Å². The van der Waals surface area contributed by atoms with Crippen LogP contribution in [-0.4, -0.2) is 26.5 Å². The third kappa shape index (κ3) is 4.73. The molecular formula is C12H17FO3S. The van der Waals surface area contributed by atoms with Gasteiger partial charge >= 0.3 is 0 Å². The largest absolute Gasteiger partial charge is 0.494 e. The van der Waals surface area contributed by atoms with Gasteiger partial charge in [-0.3, -0.25) is 0 Å². The van der Waals surface area contributed by atoms with Crippen molar-refractivity contribution in [1.82, 2.24) is 0 Å². The van der Waals surface area contributed by atoms with Crippen molar-refractivity contribution in [3.05, 3.63) is 29.6 Å². The Morgan fingerprint density at radius 3 is 2.65 bits per heavy atom. The van der Waals surface area contributed by atoms with Crippen LogP contribution >= 0.6 is 0 Å². The van der Waals surface area contributed by atoms with Gasteiger partial charge in [0.1, 0.15) is 21.4 Å². The van der Waals surface area contributed by atoms with E-state index in [1.54, 1.807) is 19.9 Å². The van der Waals surface area contributed by atoms with Crippen LogP contribution < -0.4 is 4.74 Å². The lowest BCUT2D eigenvalue weighted by molar-refractivity contribution is 0.317. The van der Waals surface area contributed by atoms with Gasteiger partial charge in [0.15, 0.2) is 0 Å². The number of ether oxygens (including phenoxy) is 1.